The number of ether oxygens (including phenoxy) is 2. The van der Waals surface area contributed by atoms with Gasteiger partial charge in [-0.1, -0.05) is 23.9 Å². The van der Waals surface area contributed by atoms with Gasteiger partial charge in [-0.3, -0.25) is 4.79 Å². The molecular weight excluding hydrogens is 492 g/mol. The van der Waals surface area contributed by atoms with E-state index in [4.69, 9.17) is 14.5 Å². The molecule has 5 rings (SSSR count). The number of carbonyl (C=O) groups excluding carboxylic acids is 1. The zero-order valence-corrected chi connectivity index (χ0v) is 22.4. The summed E-state index contributed by atoms with van der Waals surface area (Å²) < 4.78 is 15.2. The van der Waals surface area contributed by atoms with Crippen molar-refractivity contribution in [1.29, 1.82) is 0 Å². The molecule has 3 aromatic heterocycles. The molecule has 37 heavy (non-hydrogen) atoms. The fraction of sp³-hybridized carbons (Fsp3) is 0.500. The van der Waals surface area contributed by atoms with Crippen LogP contribution in [0.4, 0.5) is 4.79 Å². The average molecular weight is 525 g/mol. The third-order valence-corrected chi connectivity index (χ3v) is 7.21. The number of aromatic nitrogens is 5. The monoisotopic (exact) mass is 524 g/mol. The van der Waals surface area contributed by atoms with Crippen molar-refractivity contribution in [3.05, 3.63) is 47.4 Å². The summed E-state index contributed by atoms with van der Waals surface area (Å²) in [5.74, 6) is 0.984. The van der Waals surface area contributed by atoms with Crippen LogP contribution in [0, 0.1) is 0 Å². The molecule has 0 aliphatic carbocycles. The highest BCUT2D eigenvalue weighted by molar-refractivity contribution is 7.98. The number of amides is 1. The van der Waals surface area contributed by atoms with Crippen LogP contribution in [0.15, 0.2) is 47.0 Å². The zero-order valence-electron chi connectivity index (χ0n) is 21.6. The first-order chi connectivity index (χ1) is 17.7. The minimum absolute atomic E-state index is 0.0684. The second-order valence-corrected chi connectivity index (χ2v) is 11.2. The van der Waals surface area contributed by atoms with Crippen LogP contribution in [0.1, 0.15) is 46.5 Å². The van der Waals surface area contributed by atoms with Crippen LogP contribution in [0.3, 0.4) is 0 Å². The largest absolute Gasteiger partial charge is 0.474 e. The maximum absolute atomic E-state index is 13.1. The van der Waals surface area contributed by atoms with Crippen LogP contribution >= 0.6 is 11.8 Å². The number of carbonyl (C=O) groups is 1. The molecule has 0 radical (unpaired) electrons. The number of allylic oxidation sites excluding steroid dienone is 1. The lowest BCUT2D eigenvalue weighted by atomic mass is 10.0. The van der Waals surface area contributed by atoms with Crippen LogP contribution in [-0.2, 0) is 11.3 Å². The van der Waals surface area contributed by atoms with Crippen molar-refractivity contribution < 1.29 is 14.3 Å². The smallest absolute Gasteiger partial charge is 0.410 e. The van der Waals surface area contributed by atoms with Crippen LogP contribution in [0.25, 0.3) is 16.9 Å². The molecule has 2 unspecified atom stereocenters. The molecule has 2 aliphatic heterocycles. The van der Waals surface area contributed by atoms with Crippen molar-refractivity contribution in [2.24, 2.45) is 0 Å². The van der Waals surface area contributed by atoms with E-state index in [1.807, 2.05) is 50.1 Å². The summed E-state index contributed by atoms with van der Waals surface area (Å²) in [6, 6.07) is 5.67. The molecule has 0 saturated carbocycles. The van der Waals surface area contributed by atoms with Crippen molar-refractivity contribution >= 4 is 28.9 Å². The standard InChI is InChI=1S/C26H32N6O4S/c1-6-12-30-23(33)19-15-27-24(37-5)29-22(19)32(30)20-8-7-9-21(28-20)35-18-13-16-10-11-17(14-18)31(16)25(34)36-26(2,3)4/h6-9,15-18H,1,10-14H2,2-5H3. The van der Waals surface area contributed by atoms with Gasteiger partial charge in [0, 0.05) is 37.2 Å². The quantitative estimate of drug-likeness (QED) is 0.269. The maximum Gasteiger partial charge on any atom is 0.410 e. The van der Waals surface area contributed by atoms with Gasteiger partial charge in [-0.15, -0.1) is 6.58 Å². The summed E-state index contributed by atoms with van der Waals surface area (Å²) in [7, 11) is 0. The minimum Gasteiger partial charge on any atom is -0.474 e. The van der Waals surface area contributed by atoms with Gasteiger partial charge < -0.3 is 14.4 Å². The van der Waals surface area contributed by atoms with Gasteiger partial charge in [0.2, 0.25) is 5.88 Å². The predicted molar refractivity (Wildman–Crippen MR) is 141 cm³/mol. The van der Waals surface area contributed by atoms with E-state index in [9.17, 15) is 9.59 Å². The summed E-state index contributed by atoms with van der Waals surface area (Å²) in [6.07, 6.45) is 8.12. The van der Waals surface area contributed by atoms with Gasteiger partial charge in [0.1, 0.15) is 17.1 Å². The molecule has 0 N–H and O–H groups in total. The number of thioether (sulfide) groups is 1. The van der Waals surface area contributed by atoms with Crippen molar-refractivity contribution in [3.8, 4) is 11.7 Å². The molecule has 2 aliphatic rings. The van der Waals surface area contributed by atoms with E-state index in [0.717, 1.165) is 25.7 Å². The summed E-state index contributed by atoms with van der Waals surface area (Å²) in [6.45, 7) is 9.75. The summed E-state index contributed by atoms with van der Waals surface area (Å²) in [5, 5.41) is 0.982. The van der Waals surface area contributed by atoms with Gasteiger partial charge in [0.25, 0.3) is 5.56 Å². The summed E-state index contributed by atoms with van der Waals surface area (Å²) >= 11 is 1.40. The molecule has 2 saturated heterocycles. The number of nitrogens with zero attached hydrogens (tertiary/aromatic N) is 6. The van der Waals surface area contributed by atoms with Crippen LogP contribution < -0.4 is 10.3 Å². The van der Waals surface area contributed by atoms with E-state index in [1.165, 1.54) is 11.8 Å². The Morgan fingerprint density at radius 3 is 2.59 bits per heavy atom. The SMILES string of the molecule is C=CCn1c(=O)c2cnc(SC)nc2n1-c1cccc(OC2CC3CCC(C2)N3C(=O)OC(C)(C)C)n1. The molecule has 2 bridgehead atoms. The second kappa shape index (κ2) is 9.85. The van der Waals surface area contributed by atoms with E-state index >= 15 is 0 Å². The van der Waals surface area contributed by atoms with Gasteiger partial charge in [0.15, 0.2) is 16.6 Å². The molecule has 2 atom stereocenters. The lowest BCUT2D eigenvalue weighted by molar-refractivity contribution is -0.00759. The number of fused-ring (bicyclic) bond motifs is 3. The first-order valence-electron chi connectivity index (χ1n) is 12.5. The molecular formula is C26H32N6O4S. The number of piperidine rings is 1. The van der Waals surface area contributed by atoms with Crippen LogP contribution in [-0.4, -0.2) is 65.4 Å². The fourth-order valence-electron chi connectivity index (χ4n) is 5.23. The van der Waals surface area contributed by atoms with Gasteiger partial charge in [-0.05, 0) is 45.9 Å². The molecule has 0 spiro atoms. The zero-order chi connectivity index (χ0) is 26.3. The van der Waals surface area contributed by atoms with Gasteiger partial charge in [0.05, 0.1) is 6.54 Å². The van der Waals surface area contributed by atoms with E-state index < -0.39 is 5.60 Å². The number of hydrogen-bond donors (Lipinski definition) is 0. The molecule has 196 valence electrons. The molecule has 10 nitrogen and oxygen atoms in total. The third-order valence-electron chi connectivity index (χ3n) is 6.65. The second-order valence-electron chi connectivity index (χ2n) is 10.4. The van der Waals surface area contributed by atoms with E-state index in [-0.39, 0.29) is 29.8 Å². The third kappa shape index (κ3) is 4.96. The van der Waals surface area contributed by atoms with Crippen molar-refractivity contribution in [3.63, 3.8) is 0 Å². The Labute approximate surface area is 219 Å². The summed E-state index contributed by atoms with van der Waals surface area (Å²) in [4.78, 5) is 41.4. The van der Waals surface area contributed by atoms with Crippen molar-refractivity contribution in [1.82, 2.24) is 29.2 Å². The van der Waals surface area contributed by atoms with E-state index in [2.05, 4.69) is 16.5 Å². The first-order valence-corrected chi connectivity index (χ1v) is 13.7. The lowest BCUT2D eigenvalue weighted by Gasteiger charge is -2.39. The van der Waals surface area contributed by atoms with Crippen molar-refractivity contribution in [2.45, 2.75) is 81.9 Å². The topological polar surface area (TPSA) is 104 Å². The van der Waals surface area contributed by atoms with Crippen LogP contribution in [0.5, 0.6) is 5.88 Å². The van der Waals surface area contributed by atoms with Crippen molar-refractivity contribution in [2.75, 3.05) is 6.26 Å². The Morgan fingerprint density at radius 2 is 1.95 bits per heavy atom. The summed E-state index contributed by atoms with van der Waals surface area (Å²) in [5.41, 5.74) is -0.244. The fourth-order valence-corrected chi connectivity index (χ4v) is 5.56. The Bertz CT molecular complexity index is 1380. The predicted octanol–water partition coefficient (Wildman–Crippen LogP) is 4.19. The van der Waals surface area contributed by atoms with Gasteiger partial charge >= 0.3 is 6.09 Å². The maximum atomic E-state index is 13.1. The number of rotatable bonds is 6. The van der Waals surface area contributed by atoms with E-state index in [0.29, 0.717) is 34.4 Å². The molecule has 11 heteroatoms. The van der Waals surface area contributed by atoms with E-state index in [1.54, 1.807) is 21.6 Å². The molecule has 5 heterocycles. The normalized spacial score (nSPS) is 21.3. The van der Waals surface area contributed by atoms with Gasteiger partial charge in [-0.2, -0.15) is 4.98 Å². The molecule has 3 aromatic rings. The Morgan fingerprint density at radius 1 is 1.22 bits per heavy atom. The molecule has 0 aromatic carbocycles. The Kier molecular flexibility index (Phi) is 6.74. The highest BCUT2D eigenvalue weighted by Crippen LogP contribution is 2.38. The highest BCUT2D eigenvalue weighted by atomic mass is 32.2. The number of hydrogen-bond acceptors (Lipinski definition) is 8. The Balaban J connectivity index is 1.40. The first kappa shape index (κ1) is 25.3. The highest BCUT2D eigenvalue weighted by Gasteiger charge is 2.45. The lowest BCUT2D eigenvalue weighted by Crippen LogP contribution is -2.50. The molecule has 2 fully saturated rings. The van der Waals surface area contributed by atoms with Crippen LogP contribution in [0.2, 0.25) is 0 Å². The minimum atomic E-state index is -0.523. The Hall–Kier alpha value is -3.34. The number of pyridine rings is 1. The average Bonchev–Trinajstić information content (AvgIpc) is 3.28. The molecule has 1 amide bonds. The van der Waals surface area contributed by atoms with Gasteiger partial charge in [-0.25, -0.2) is 24.1 Å².